The van der Waals surface area contributed by atoms with E-state index in [0.717, 1.165) is 46.5 Å². The van der Waals surface area contributed by atoms with Crippen molar-refractivity contribution >= 4 is 38.5 Å². The third kappa shape index (κ3) is 5.74. The minimum atomic E-state index is -0.618. The Bertz CT molecular complexity index is 3500. The van der Waals surface area contributed by atoms with E-state index in [0.29, 0.717) is 0 Å². The van der Waals surface area contributed by atoms with Crippen LogP contribution in [-0.4, -0.2) is 0 Å². The molecule has 0 saturated carbocycles. The Kier molecular flexibility index (Phi) is 8.60. The summed E-state index contributed by atoms with van der Waals surface area (Å²) in [6.45, 7) is 0. The van der Waals surface area contributed by atoms with E-state index < -0.39 is 5.41 Å². The smallest absolute Gasteiger partial charge is 0.140 e. The van der Waals surface area contributed by atoms with Crippen LogP contribution < -0.4 is 9.64 Å². The molecule has 10 aromatic rings. The van der Waals surface area contributed by atoms with E-state index in [1.807, 2.05) is 0 Å². The fourth-order valence-corrected chi connectivity index (χ4v) is 11.2. The zero-order chi connectivity index (χ0) is 42.9. The van der Waals surface area contributed by atoms with Crippen molar-refractivity contribution in [3.05, 3.63) is 270 Å². The van der Waals surface area contributed by atoms with Crippen LogP contribution in [0.2, 0.25) is 0 Å². The fraction of sp³-hybridized carbons (Fsp3) is 0.0476. The highest BCUT2D eigenvalue weighted by molar-refractivity contribution is 6.02. The van der Waals surface area contributed by atoms with Crippen molar-refractivity contribution in [1.29, 1.82) is 0 Å². The van der Waals surface area contributed by atoms with Gasteiger partial charge in [0, 0.05) is 38.8 Å². The lowest BCUT2D eigenvalue weighted by atomic mass is 9.65. The van der Waals surface area contributed by atoms with Gasteiger partial charge < -0.3 is 9.64 Å². The largest absolute Gasteiger partial charge is 0.455 e. The molecule has 1 heterocycles. The van der Waals surface area contributed by atoms with Gasteiger partial charge in [0.25, 0.3) is 0 Å². The minimum absolute atomic E-state index is 0.618. The molecule has 0 amide bonds. The monoisotopic (exact) mass is 829 g/mol. The molecule has 1 spiro atoms. The molecule has 3 aliphatic rings. The molecule has 13 rings (SSSR count). The van der Waals surface area contributed by atoms with Gasteiger partial charge in [-0.3, -0.25) is 0 Å². The Hall–Kier alpha value is -8.20. The molecule has 0 saturated heterocycles. The van der Waals surface area contributed by atoms with Gasteiger partial charge >= 0.3 is 0 Å². The summed E-state index contributed by atoms with van der Waals surface area (Å²) in [5.74, 6) is 1.86. The van der Waals surface area contributed by atoms with Gasteiger partial charge in [0.05, 0.1) is 11.1 Å². The first kappa shape index (κ1) is 37.4. The molecule has 2 nitrogen and oxygen atoms in total. The molecule has 2 heteroatoms. The maximum Gasteiger partial charge on any atom is 0.140 e. The number of benzene rings is 10. The summed E-state index contributed by atoms with van der Waals surface area (Å²) in [6, 6.07) is 82.2. The van der Waals surface area contributed by atoms with Crippen molar-refractivity contribution < 1.29 is 4.74 Å². The molecule has 10 aromatic carbocycles. The third-order valence-corrected chi connectivity index (χ3v) is 14.0. The fourth-order valence-electron chi connectivity index (χ4n) is 11.2. The van der Waals surface area contributed by atoms with Crippen LogP contribution in [0, 0.1) is 0 Å². The molecule has 0 radical (unpaired) electrons. The van der Waals surface area contributed by atoms with Crippen molar-refractivity contribution in [3.63, 3.8) is 0 Å². The number of ether oxygens (including phenoxy) is 1. The second kappa shape index (κ2) is 15.0. The molecule has 0 atom stereocenters. The molecule has 0 N–H and O–H groups in total. The maximum absolute atomic E-state index is 7.24. The zero-order valence-corrected chi connectivity index (χ0v) is 35.8. The van der Waals surface area contributed by atoms with Crippen LogP contribution in [0.15, 0.2) is 242 Å². The van der Waals surface area contributed by atoms with Gasteiger partial charge in [-0.1, -0.05) is 212 Å². The van der Waals surface area contributed by atoms with E-state index in [1.165, 1.54) is 83.2 Å². The molecule has 0 bridgehead atoms. The highest BCUT2D eigenvalue weighted by Gasteiger charge is 2.52. The van der Waals surface area contributed by atoms with Gasteiger partial charge in [-0.05, 0) is 98.0 Å². The van der Waals surface area contributed by atoms with E-state index in [-0.39, 0.29) is 0 Å². The van der Waals surface area contributed by atoms with Gasteiger partial charge in [-0.2, -0.15) is 0 Å². The lowest BCUT2D eigenvalue weighted by Gasteiger charge is -2.40. The van der Waals surface area contributed by atoms with Crippen LogP contribution in [0.3, 0.4) is 0 Å². The highest BCUT2D eigenvalue weighted by atomic mass is 16.5. The van der Waals surface area contributed by atoms with E-state index >= 15 is 0 Å². The van der Waals surface area contributed by atoms with Crippen LogP contribution >= 0.6 is 0 Å². The summed E-state index contributed by atoms with van der Waals surface area (Å²) in [5, 5.41) is 4.58. The van der Waals surface area contributed by atoms with Gasteiger partial charge in [0.15, 0.2) is 0 Å². The second-order valence-corrected chi connectivity index (χ2v) is 17.4. The number of hydrogen-bond donors (Lipinski definition) is 0. The van der Waals surface area contributed by atoms with Crippen LogP contribution in [-0.2, 0) is 5.41 Å². The Morgan fingerprint density at radius 2 is 0.954 bits per heavy atom. The van der Waals surface area contributed by atoms with Gasteiger partial charge in [-0.15, -0.1) is 0 Å². The van der Waals surface area contributed by atoms with Crippen LogP contribution in [0.25, 0.3) is 60.5 Å². The van der Waals surface area contributed by atoms with Gasteiger partial charge in [0.2, 0.25) is 0 Å². The summed E-state index contributed by atoms with van der Waals surface area (Å²) in [5.41, 5.74) is 17.8. The predicted molar refractivity (Wildman–Crippen MR) is 270 cm³/mol. The highest BCUT2D eigenvalue weighted by Crippen LogP contribution is 2.65. The Morgan fingerprint density at radius 3 is 1.66 bits per heavy atom. The maximum atomic E-state index is 7.24. The molecule has 306 valence electrons. The summed E-state index contributed by atoms with van der Waals surface area (Å²) < 4.78 is 7.24. The average Bonchev–Trinajstić information content (AvgIpc) is 3.68. The minimum Gasteiger partial charge on any atom is -0.455 e. The molecule has 1 aliphatic heterocycles. The van der Waals surface area contributed by atoms with E-state index in [2.05, 4.69) is 242 Å². The van der Waals surface area contributed by atoms with Crippen molar-refractivity contribution in [3.8, 4) is 44.9 Å². The van der Waals surface area contributed by atoms with Crippen molar-refractivity contribution in [2.45, 2.75) is 18.3 Å². The summed E-state index contributed by atoms with van der Waals surface area (Å²) in [6.07, 6.45) is 6.54. The van der Waals surface area contributed by atoms with Gasteiger partial charge in [0.1, 0.15) is 11.5 Å². The van der Waals surface area contributed by atoms with E-state index in [1.54, 1.807) is 0 Å². The lowest BCUT2D eigenvalue weighted by molar-refractivity contribution is 0.447. The van der Waals surface area contributed by atoms with Crippen LogP contribution in [0.1, 0.15) is 40.7 Å². The molecule has 2 aliphatic carbocycles. The molecular formula is C63H43NO. The van der Waals surface area contributed by atoms with Crippen molar-refractivity contribution in [1.82, 2.24) is 0 Å². The second-order valence-electron chi connectivity index (χ2n) is 17.4. The Labute approximate surface area is 379 Å². The molecule has 0 fully saturated rings. The predicted octanol–water partition coefficient (Wildman–Crippen LogP) is 16.7. The third-order valence-electron chi connectivity index (χ3n) is 14.0. The quantitative estimate of drug-likeness (QED) is 0.166. The number of allylic oxidation sites excluding steroid dienone is 4. The van der Waals surface area contributed by atoms with Crippen LogP contribution in [0.4, 0.5) is 11.4 Å². The average molecular weight is 830 g/mol. The number of fused-ring (bicyclic) bond motifs is 13. The number of rotatable bonds is 6. The zero-order valence-electron chi connectivity index (χ0n) is 35.8. The number of para-hydroxylation sites is 1. The molecule has 0 aromatic heterocycles. The van der Waals surface area contributed by atoms with Crippen molar-refractivity contribution in [2.24, 2.45) is 0 Å². The first-order chi connectivity index (χ1) is 32.3. The van der Waals surface area contributed by atoms with E-state index in [9.17, 15) is 0 Å². The number of anilines is 2. The number of hydrogen-bond acceptors (Lipinski definition) is 2. The standard InChI is InChI=1S/C63H43NO/c1-3-17-42(18-4-1)43-33-37-48(38-34-43)64(59-32-14-12-25-50(59)44-19-5-2-6-20-44)49-24-15-23-47(41-49)51-29-16-31-56-60(51)54-28-11-13-30-55(54)63(56)57-39-35-45-21-7-9-26-52(45)61(57)65-62-53-27-10-8-22-46(53)36-40-58(62)63/h1-33,35-37,39-41H,34,38H2. The molecule has 0 unspecified atom stereocenters. The molecule has 65 heavy (non-hydrogen) atoms. The van der Waals surface area contributed by atoms with Crippen LogP contribution in [0.5, 0.6) is 11.5 Å². The Balaban J connectivity index is 1.04. The number of nitrogens with zero attached hydrogens (tertiary/aromatic N) is 1. The topological polar surface area (TPSA) is 12.5 Å². The van der Waals surface area contributed by atoms with Gasteiger partial charge in [-0.25, -0.2) is 0 Å². The van der Waals surface area contributed by atoms with E-state index in [4.69, 9.17) is 4.74 Å². The Morgan fingerprint density at radius 1 is 0.385 bits per heavy atom. The van der Waals surface area contributed by atoms with Crippen molar-refractivity contribution in [2.75, 3.05) is 4.90 Å². The first-order valence-corrected chi connectivity index (χ1v) is 22.7. The first-order valence-electron chi connectivity index (χ1n) is 22.7. The SMILES string of the molecule is C1=C(c2ccccc2)CCC(N(c2cccc(-c3cccc4c3-c3ccccc3C43c4ccc5ccccc5c4Oc4c3ccc3ccccc43)c2)c2ccccc2-c2ccccc2)=C1. The normalized spacial score (nSPS) is 14.2. The molecular weight excluding hydrogens is 787 g/mol. The summed E-state index contributed by atoms with van der Waals surface area (Å²) in [7, 11) is 0. The summed E-state index contributed by atoms with van der Waals surface area (Å²) >= 11 is 0. The summed E-state index contributed by atoms with van der Waals surface area (Å²) in [4.78, 5) is 2.50. The lowest BCUT2D eigenvalue weighted by Crippen LogP contribution is -2.32.